The third kappa shape index (κ3) is 3.65. The average molecular weight is 362 g/mol. The third-order valence-electron chi connectivity index (χ3n) is 4.72. The summed E-state index contributed by atoms with van der Waals surface area (Å²) in [6.45, 7) is 9.79. The molecule has 3 rings (SSSR count). The van der Waals surface area contributed by atoms with Gasteiger partial charge in [-0.2, -0.15) is 0 Å². The minimum Gasteiger partial charge on any atom is -0.342 e. The van der Waals surface area contributed by atoms with Crippen LogP contribution >= 0.6 is 0 Å². The fourth-order valence-electron chi connectivity index (χ4n) is 3.66. The first-order chi connectivity index (χ1) is 12.7. The van der Waals surface area contributed by atoms with Gasteiger partial charge in [0, 0.05) is 30.6 Å². The summed E-state index contributed by atoms with van der Waals surface area (Å²) >= 11 is 0. The van der Waals surface area contributed by atoms with Crippen LogP contribution in [0.25, 0.3) is 10.9 Å². The highest BCUT2D eigenvalue weighted by Crippen LogP contribution is 2.28. The van der Waals surface area contributed by atoms with Crippen molar-refractivity contribution in [2.45, 2.75) is 46.7 Å². The van der Waals surface area contributed by atoms with E-state index in [1.807, 2.05) is 70.3 Å². The summed E-state index contributed by atoms with van der Waals surface area (Å²) in [6, 6.07) is 16.1. The van der Waals surface area contributed by atoms with Crippen molar-refractivity contribution in [2.75, 3.05) is 0 Å². The number of hydrogen-bond donors (Lipinski definition) is 0. The van der Waals surface area contributed by atoms with E-state index in [9.17, 15) is 9.59 Å². The van der Waals surface area contributed by atoms with Crippen LogP contribution in [0.1, 0.15) is 49.2 Å². The van der Waals surface area contributed by atoms with Gasteiger partial charge >= 0.3 is 0 Å². The van der Waals surface area contributed by atoms with Crippen molar-refractivity contribution in [2.24, 2.45) is 0 Å². The maximum absolute atomic E-state index is 13.3. The normalized spacial score (nSPS) is 11.6. The first-order valence-corrected chi connectivity index (χ1v) is 9.17. The van der Waals surface area contributed by atoms with E-state index in [2.05, 4.69) is 16.7 Å². The van der Waals surface area contributed by atoms with Crippen molar-refractivity contribution >= 4 is 22.7 Å². The lowest BCUT2D eigenvalue weighted by molar-refractivity contribution is -0.129. The molecule has 0 atom stereocenters. The predicted molar refractivity (Wildman–Crippen MR) is 109 cm³/mol. The highest BCUT2D eigenvalue weighted by atomic mass is 16.2. The molecule has 0 unspecified atom stereocenters. The van der Waals surface area contributed by atoms with Gasteiger partial charge in [0.1, 0.15) is 0 Å². The van der Waals surface area contributed by atoms with E-state index in [0.29, 0.717) is 12.1 Å². The van der Waals surface area contributed by atoms with Gasteiger partial charge < -0.3 is 4.57 Å². The number of carbonyl (C=O) groups is 2. The van der Waals surface area contributed by atoms with Crippen molar-refractivity contribution in [1.29, 1.82) is 0 Å². The van der Waals surface area contributed by atoms with E-state index >= 15 is 0 Å². The fraction of sp³-hybridized carbons (Fsp3) is 0.304. The zero-order valence-corrected chi connectivity index (χ0v) is 16.6. The number of nitrogens with zero attached hydrogens (tertiary/aromatic N) is 2. The Morgan fingerprint density at radius 1 is 1.00 bits per heavy atom. The summed E-state index contributed by atoms with van der Waals surface area (Å²) in [5.41, 5.74) is 3.28. The summed E-state index contributed by atoms with van der Waals surface area (Å²) in [7, 11) is 0. The van der Waals surface area contributed by atoms with Gasteiger partial charge in [-0.05, 0) is 38.8 Å². The van der Waals surface area contributed by atoms with Crippen molar-refractivity contribution in [3.8, 4) is 0 Å². The van der Waals surface area contributed by atoms with Gasteiger partial charge in [-0.25, -0.2) is 0 Å². The molecule has 140 valence electrons. The molecule has 0 spiro atoms. The molecule has 4 heteroatoms. The van der Waals surface area contributed by atoms with Gasteiger partial charge in [0.2, 0.25) is 5.91 Å². The number of fused-ring (bicyclic) bond motifs is 1. The molecule has 0 radical (unpaired) electrons. The van der Waals surface area contributed by atoms with Gasteiger partial charge in [0.25, 0.3) is 5.91 Å². The Morgan fingerprint density at radius 3 is 2.26 bits per heavy atom. The molecule has 0 saturated heterocycles. The summed E-state index contributed by atoms with van der Waals surface area (Å²) in [5, 5.41) is 0.881. The molecule has 0 saturated carbocycles. The maximum atomic E-state index is 13.3. The van der Waals surface area contributed by atoms with Crippen LogP contribution in [-0.4, -0.2) is 26.8 Å². The highest BCUT2D eigenvalue weighted by molar-refractivity contribution is 6.12. The predicted octanol–water partition coefficient (Wildman–Crippen LogP) is 4.79. The fourth-order valence-corrected chi connectivity index (χ4v) is 3.66. The van der Waals surface area contributed by atoms with E-state index in [1.54, 1.807) is 0 Å². The van der Waals surface area contributed by atoms with Crippen LogP contribution in [0.3, 0.4) is 0 Å². The molecule has 3 aromatic rings. The lowest BCUT2D eigenvalue weighted by Crippen LogP contribution is -2.48. The Labute approximate surface area is 160 Å². The Morgan fingerprint density at radius 2 is 1.67 bits per heavy atom. The Kier molecular flexibility index (Phi) is 4.92. The van der Waals surface area contributed by atoms with E-state index < -0.39 is 5.54 Å². The zero-order chi connectivity index (χ0) is 19.8. The SMILES string of the molecule is CC(=O)N(C(=O)c1cn(Cc2ccccc2)c2c(C)cccc12)C(C)(C)C. The minimum absolute atomic E-state index is 0.246. The molecular weight excluding hydrogens is 336 g/mol. The topological polar surface area (TPSA) is 42.3 Å². The first-order valence-electron chi connectivity index (χ1n) is 9.17. The molecule has 27 heavy (non-hydrogen) atoms. The molecule has 0 fully saturated rings. The summed E-state index contributed by atoms with van der Waals surface area (Å²) < 4.78 is 2.11. The minimum atomic E-state index is -0.583. The summed E-state index contributed by atoms with van der Waals surface area (Å²) in [5.74, 6) is -0.499. The number of hydrogen-bond acceptors (Lipinski definition) is 2. The van der Waals surface area contributed by atoms with E-state index in [1.165, 1.54) is 11.8 Å². The van der Waals surface area contributed by atoms with Crippen LogP contribution < -0.4 is 0 Å². The summed E-state index contributed by atoms with van der Waals surface area (Å²) in [4.78, 5) is 26.9. The zero-order valence-electron chi connectivity index (χ0n) is 16.6. The van der Waals surface area contributed by atoms with E-state index in [-0.39, 0.29) is 11.8 Å². The lowest BCUT2D eigenvalue weighted by atomic mass is 10.0. The van der Waals surface area contributed by atoms with Crippen LogP contribution in [0.15, 0.2) is 54.7 Å². The Hall–Kier alpha value is -2.88. The lowest BCUT2D eigenvalue weighted by Gasteiger charge is -2.32. The third-order valence-corrected chi connectivity index (χ3v) is 4.72. The number of aryl methyl sites for hydroxylation is 1. The van der Waals surface area contributed by atoms with Gasteiger partial charge in [-0.15, -0.1) is 0 Å². The molecule has 0 bridgehead atoms. The molecule has 0 aliphatic rings. The standard InChI is InChI=1S/C23H26N2O2/c1-16-10-9-13-19-20(22(27)25(17(2)26)23(3,4)5)15-24(21(16)19)14-18-11-7-6-8-12-18/h6-13,15H,14H2,1-5H3. The second kappa shape index (κ2) is 7.03. The average Bonchev–Trinajstić information content (AvgIpc) is 2.94. The molecule has 1 heterocycles. The number of aromatic nitrogens is 1. The van der Waals surface area contributed by atoms with Crippen LogP contribution in [0.5, 0.6) is 0 Å². The summed E-state index contributed by atoms with van der Waals surface area (Å²) in [6.07, 6.45) is 1.88. The van der Waals surface area contributed by atoms with Crippen molar-refractivity contribution in [1.82, 2.24) is 9.47 Å². The van der Waals surface area contributed by atoms with Crippen LogP contribution in [0.2, 0.25) is 0 Å². The molecule has 0 aliphatic carbocycles. The van der Waals surface area contributed by atoms with Crippen molar-refractivity contribution < 1.29 is 9.59 Å². The Bertz CT molecular complexity index is 994. The number of amides is 2. The smallest absolute Gasteiger partial charge is 0.263 e. The monoisotopic (exact) mass is 362 g/mol. The molecule has 4 nitrogen and oxygen atoms in total. The van der Waals surface area contributed by atoms with Gasteiger partial charge in [0.15, 0.2) is 0 Å². The van der Waals surface area contributed by atoms with E-state index in [4.69, 9.17) is 0 Å². The Balaban J connectivity index is 2.15. The molecule has 2 aromatic carbocycles. The number of rotatable bonds is 3. The molecule has 0 aliphatic heterocycles. The number of para-hydroxylation sites is 1. The van der Waals surface area contributed by atoms with Gasteiger partial charge in [-0.3, -0.25) is 14.5 Å². The number of carbonyl (C=O) groups excluding carboxylic acids is 2. The second-order valence-electron chi connectivity index (χ2n) is 7.96. The second-order valence-corrected chi connectivity index (χ2v) is 7.96. The number of imide groups is 1. The van der Waals surface area contributed by atoms with Gasteiger partial charge in [0.05, 0.1) is 11.1 Å². The molecule has 2 amide bonds. The van der Waals surface area contributed by atoms with Crippen molar-refractivity contribution in [3.63, 3.8) is 0 Å². The largest absolute Gasteiger partial charge is 0.342 e. The quantitative estimate of drug-likeness (QED) is 0.672. The number of benzene rings is 2. The maximum Gasteiger partial charge on any atom is 0.263 e. The highest BCUT2D eigenvalue weighted by Gasteiger charge is 2.32. The molecule has 0 N–H and O–H groups in total. The van der Waals surface area contributed by atoms with Crippen LogP contribution in [0, 0.1) is 6.92 Å². The van der Waals surface area contributed by atoms with E-state index in [0.717, 1.165) is 22.0 Å². The van der Waals surface area contributed by atoms with Crippen LogP contribution in [0.4, 0.5) is 0 Å². The molecule has 1 aromatic heterocycles. The van der Waals surface area contributed by atoms with Gasteiger partial charge in [-0.1, -0.05) is 48.5 Å². The molecular formula is C23H26N2O2. The van der Waals surface area contributed by atoms with Crippen molar-refractivity contribution in [3.05, 3.63) is 71.4 Å². The van der Waals surface area contributed by atoms with Crippen LogP contribution in [-0.2, 0) is 11.3 Å². The first kappa shape index (κ1) is 18.9.